The van der Waals surface area contributed by atoms with Gasteiger partial charge in [-0.3, -0.25) is 4.79 Å². The highest BCUT2D eigenvalue weighted by Crippen LogP contribution is 2.20. The standard InChI is InChI=1S/C15H19N3OS/c1-3-10(9-20-2)17-15(19)14-8-12(16)11-6-4-5-7-13(11)18-14/h4-8,10H,3,9H2,1-2H3,(H2,16,18)(H,17,19). The molecule has 20 heavy (non-hydrogen) atoms. The average molecular weight is 289 g/mol. The summed E-state index contributed by atoms with van der Waals surface area (Å²) in [6.45, 7) is 2.06. The van der Waals surface area contributed by atoms with Crippen molar-refractivity contribution in [1.82, 2.24) is 10.3 Å². The van der Waals surface area contributed by atoms with Crippen LogP contribution in [0.4, 0.5) is 5.69 Å². The molecule has 0 saturated carbocycles. The van der Waals surface area contributed by atoms with Crippen LogP contribution in [-0.2, 0) is 0 Å². The van der Waals surface area contributed by atoms with E-state index in [0.717, 1.165) is 23.1 Å². The van der Waals surface area contributed by atoms with Gasteiger partial charge in [-0.2, -0.15) is 11.8 Å². The number of nitrogens with one attached hydrogen (secondary N) is 1. The second-order valence-corrected chi connectivity index (χ2v) is 5.56. The van der Waals surface area contributed by atoms with E-state index in [1.165, 1.54) is 0 Å². The van der Waals surface area contributed by atoms with Crippen LogP contribution < -0.4 is 11.1 Å². The molecule has 0 bridgehead atoms. The Labute approximate surface area is 123 Å². The van der Waals surface area contributed by atoms with E-state index >= 15 is 0 Å². The van der Waals surface area contributed by atoms with Gasteiger partial charge in [-0.15, -0.1) is 0 Å². The maximum atomic E-state index is 12.2. The first-order valence-electron chi connectivity index (χ1n) is 6.60. The van der Waals surface area contributed by atoms with Crippen LogP contribution in [0.5, 0.6) is 0 Å². The Balaban J connectivity index is 2.26. The highest BCUT2D eigenvalue weighted by molar-refractivity contribution is 7.98. The predicted molar refractivity (Wildman–Crippen MR) is 86.1 cm³/mol. The van der Waals surface area contributed by atoms with E-state index in [2.05, 4.69) is 17.2 Å². The summed E-state index contributed by atoms with van der Waals surface area (Å²) >= 11 is 1.72. The monoisotopic (exact) mass is 289 g/mol. The van der Waals surface area contributed by atoms with Crippen molar-refractivity contribution in [1.29, 1.82) is 0 Å². The second-order valence-electron chi connectivity index (χ2n) is 4.65. The molecule has 0 radical (unpaired) electrons. The number of carbonyl (C=O) groups is 1. The molecule has 4 nitrogen and oxygen atoms in total. The second kappa shape index (κ2) is 6.61. The molecule has 0 aliphatic heterocycles. The lowest BCUT2D eigenvalue weighted by molar-refractivity contribution is 0.0935. The number of nitrogens with two attached hydrogens (primary N) is 1. The van der Waals surface area contributed by atoms with Crippen LogP contribution >= 0.6 is 11.8 Å². The SMILES string of the molecule is CCC(CSC)NC(=O)c1cc(N)c2ccccc2n1. The van der Waals surface area contributed by atoms with Crippen LogP contribution in [0.15, 0.2) is 30.3 Å². The normalized spacial score (nSPS) is 12.3. The molecule has 1 aromatic heterocycles. The lowest BCUT2D eigenvalue weighted by Crippen LogP contribution is -2.36. The summed E-state index contributed by atoms with van der Waals surface area (Å²) in [5, 5.41) is 3.87. The summed E-state index contributed by atoms with van der Waals surface area (Å²) in [6, 6.07) is 9.37. The summed E-state index contributed by atoms with van der Waals surface area (Å²) in [5.41, 5.74) is 7.70. The highest BCUT2D eigenvalue weighted by atomic mass is 32.2. The van der Waals surface area contributed by atoms with E-state index in [0.29, 0.717) is 11.4 Å². The fraction of sp³-hybridized carbons (Fsp3) is 0.333. The van der Waals surface area contributed by atoms with E-state index in [4.69, 9.17) is 5.73 Å². The van der Waals surface area contributed by atoms with Crippen LogP contribution in [0.3, 0.4) is 0 Å². The van der Waals surface area contributed by atoms with Gasteiger partial charge in [-0.05, 0) is 24.8 Å². The van der Waals surface area contributed by atoms with Gasteiger partial charge in [0.1, 0.15) is 5.69 Å². The van der Waals surface area contributed by atoms with Crippen LogP contribution in [0.25, 0.3) is 10.9 Å². The quantitative estimate of drug-likeness (QED) is 0.888. The molecule has 2 aromatic rings. The van der Waals surface area contributed by atoms with Crippen LogP contribution in [-0.4, -0.2) is 28.9 Å². The molecular formula is C15H19N3OS. The third kappa shape index (κ3) is 3.22. The first-order valence-corrected chi connectivity index (χ1v) is 8.00. The van der Waals surface area contributed by atoms with Crippen molar-refractivity contribution in [2.45, 2.75) is 19.4 Å². The van der Waals surface area contributed by atoms with Crippen LogP contribution in [0, 0.1) is 0 Å². The third-order valence-corrected chi connectivity index (χ3v) is 3.91. The van der Waals surface area contributed by atoms with Crippen LogP contribution in [0.2, 0.25) is 0 Å². The van der Waals surface area contributed by atoms with Crippen molar-refractivity contribution in [3.63, 3.8) is 0 Å². The number of benzene rings is 1. The van der Waals surface area contributed by atoms with Gasteiger partial charge < -0.3 is 11.1 Å². The van der Waals surface area contributed by atoms with Gasteiger partial charge in [-0.1, -0.05) is 25.1 Å². The number of para-hydroxylation sites is 1. The summed E-state index contributed by atoms with van der Waals surface area (Å²) in [6.07, 6.45) is 2.93. The first-order chi connectivity index (χ1) is 9.65. The molecule has 1 atom stereocenters. The minimum atomic E-state index is -0.164. The van der Waals surface area contributed by atoms with E-state index in [1.54, 1.807) is 17.8 Å². The van der Waals surface area contributed by atoms with Gasteiger partial charge in [0.05, 0.1) is 5.52 Å². The van der Waals surface area contributed by atoms with Crippen molar-refractivity contribution in [2.75, 3.05) is 17.7 Å². The zero-order chi connectivity index (χ0) is 14.5. The van der Waals surface area contributed by atoms with E-state index < -0.39 is 0 Å². The van der Waals surface area contributed by atoms with E-state index in [-0.39, 0.29) is 11.9 Å². The highest BCUT2D eigenvalue weighted by Gasteiger charge is 2.14. The zero-order valence-electron chi connectivity index (χ0n) is 11.7. The van der Waals surface area contributed by atoms with E-state index in [9.17, 15) is 4.79 Å². The van der Waals surface area contributed by atoms with Gasteiger partial charge in [0, 0.05) is 22.9 Å². The van der Waals surface area contributed by atoms with Crippen LogP contribution in [0.1, 0.15) is 23.8 Å². The summed E-state index contributed by atoms with van der Waals surface area (Å²) < 4.78 is 0. The van der Waals surface area contributed by atoms with Gasteiger partial charge in [-0.25, -0.2) is 4.98 Å². The molecule has 2 rings (SSSR count). The van der Waals surface area contributed by atoms with Crippen molar-refractivity contribution < 1.29 is 4.79 Å². The molecule has 0 fully saturated rings. The number of hydrogen-bond donors (Lipinski definition) is 2. The summed E-state index contributed by atoms with van der Waals surface area (Å²) in [4.78, 5) is 16.6. The van der Waals surface area contributed by atoms with Gasteiger partial charge in [0.2, 0.25) is 0 Å². The Kier molecular flexibility index (Phi) is 4.84. The minimum Gasteiger partial charge on any atom is -0.398 e. The number of nitrogens with zero attached hydrogens (tertiary/aromatic N) is 1. The Bertz CT molecular complexity index is 615. The largest absolute Gasteiger partial charge is 0.398 e. The van der Waals surface area contributed by atoms with Crippen molar-refractivity contribution in [3.8, 4) is 0 Å². The number of pyridine rings is 1. The number of carbonyl (C=O) groups excluding carboxylic acids is 1. The molecule has 1 aromatic carbocycles. The number of amides is 1. The third-order valence-electron chi connectivity index (χ3n) is 3.18. The Morgan fingerprint density at radius 1 is 1.45 bits per heavy atom. The van der Waals surface area contributed by atoms with Crippen molar-refractivity contribution in [2.24, 2.45) is 0 Å². The molecule has 106 valence electrons. The van der Waals surface area contributed by atoms with Crippen molar-refractivity contribution >= 4 is 34.3 Å². The smallest absolute Gasteiger partial charge is 0.270 e. The molecule has 5 heteroatoms. The molecule has 0 aliphatic carbocycles. The Morgan fingerprint density at radius 2 is 2.20 bits per heavy atom. The summed E-state index contributed by atoms with van der Waals surface area (Å²) in [7, 11) is 0. The molecule has 0 spiro atoms. The van der Waals surface area contributed by atoms with Gasteiger partial charge in [0.25, 0.3) is 5.91 Å². The minimum absolute atomic E-state index is 0.159. The lowest BCUT2D eigenvalue weighted by Gasteiger charge is -2.15. The number of anilines is 1. The maximum absolute atomic E-state index is 12.2. The molecule has 0 saturated heterocycles. The number of nitrogen functional groups attached to an aromatic ring is 1. The molecule has 1 amide bonds. The molecule has 0 aliphatic rings. The van der Waals surface area contributed by atoms with Crippen molar-refractivity contribution in [3.05, 3.63) is 36.0 Å². The van der Waals surface area contributed by atoms with E-state index in [1.807, 2.05) is 30.5 Å². The molecule has 1 heterocycles. The number of hydrogen-bond acceptors (Lipinski definition) is 4. The number of rotatable bonds is 5. The Morgan fingerprint density at radius 3 is 2.90 bits per heavy atom. The predicted octanol–water partition coefficient (Wildman–Crippen LogP) is 2.69. The van der Waals surface area contributed by atoms with Gasteiger partial charge in [0.15, 0.2) is 0 Å². The average Bonchev–Trinajstić information content (AvgIpc) is 2.46. The van der Waals surface area contributed by atoms with Gasteiger partial charge >= 0.3 is 0 Å². The fourth-order valence-electron chi connectivity index (χ4n) is 2.04. The lowest BCUT2D eigenvalue weighted by atomic mass is 10.1. The first kappa shape index (κ1) is 14.7. The topological polar surface area (TPSA) is 68.0 Å². The maximum Gasteiger partial charge on any atom is 0.270 e. The number of fused-ring (bicyclic) bond motifs is 1. The molecule has 3 N–H and O–H groups in total. The number of thioether (sulfide) groups is 1. The molecular weight excluding hydrogens is 270 g/mol. The zero-order valence-corrected chi connectivity index (χ0v) is 12.5. The Hall–Kier alpha value is -1.75. The molecule has 1 unspecified atom stereocenters. The number of aromatic nitrogens is 1. The fourth-order valence-corrected chi connectivity index (χ4v) is 2.76. The summed E-state index contributed by atoms with van der Waals surface area (Å²) in [5.74, 6) is 0.731.